The maximum atomic E-state index is 5.05. The summed E-state index contributed by atoms with van der Waals surface area (Å²) >= 11 is 1.53. The number of aromatic nitrogens is 5. The average molecular weight is 303 g/mol. The number of thioether (sulfide) groups is 1. The van der Waals surface area contributed by atoms with Crippen LogP contribution in [0.25, 0.3) is 5.69 Å². The van der Waals surface area contributed by atoms with Crippen LogP contribution in [0.3, 0.4) is 0 Å². The van der Waals surface area contributed by atoms with Gasteiger partial charge in [0.05, 0.1) is 24.7 Å². The lowest BCUT2D eigenvalue weighted by atomic mass is 10.4. The highest BCUT2D eigenvalue weighted by Gasteiger charge is 2.09. The second-order valence-electron chi connectivity index (χ2n) is 4.26. The van der Waals surface area contributed by atoms with Crippen LogP contribution in [-0.4, -0.2) is 32.0 Å². The monoisotopic (exact) mass is 303 g/mol. The van der Waals surface area contributed by atoms with Gasteiger partial charge in [-0.3, -0.25) is 4.57 Å². The van der Waals surface area contributed by atoms with Crippen LogP contribution in [0.15, 0.2) is 40.4 Å². The van der Waals surface area contributed by atoms with E-state index in [1.54, 1.807) is 25.7 Å². The lowest BCUT2D eigenvalue weighted by Crippen LogP contribution is -1.97. The largest absolute Gasteiger partial charge is 0.481 e. The number of aryl methyl sites for hydroxylation is 1. The highest BCUT2D eigenvalue weighted by atomic mass is 32.2. The third-order valence-corrected chi connectivity index (χ3v) is 3.73. The minimum atomic E-state index is 0.569. The van der Waals surface area contributed by atoms with E-state index in [9.17, 15) is 0 Å². The van der Waals surface area contributed by atoms with Crippen LogP contribution in [0.5, 0.6) is 5.88 Å². The van der Waals surface area contributed by atoms with Crippen LogP contribution in [0.1, 0.15) is 11.5 Å². The lowest BCUT2D eigenvalue weighted by Gasteiger charge is -2.05. The summed E-state index contributed by atoms with van der Waals surface area (Å²) in [6.07, 6.45) is 3.37. The minimum Gasteiger partial charge on any atom is -0.481 e. The molecule has 0 amide bonds. The number of hydrogen-bond acceptors (Lipinski definition) is 7. The zero-order valence-corrected chi connectivity index (χ0v) is 12.4. The second kappa shape index (κ2) is 5.96. The van der Waals surface area contributed by atoms with E-state index >= 15 is 0 Å². The van der Waals surface area contributed by atoms with Crippen LogP contribution in [0, 0.1) is 6.92 Å². The van der Waals surface area contributed by atoms with Crippen molar-refractivity contribution in [2.24, 2.45) is 0 Å². The Morgan fingerprint density at radius 2 is 2.29 bits per heavy atom. The van der Waals surface area contributed by atoms with Crippen molar-refractivity contribution in [3.63, 3.8) is 0 Å². The Morgan fingerprint density at radius 1 is 1.38 bits per heavy atom. The third kappa shape index (κ3) is 3.05. The molecule has 21 heavy (non-hydrogen) atoms. The maximum absolute atomic E-state index is 5.05. The predicted molar refractivity (Wildman–Crippen MR) is 76.5 cm³/mol. The van der Waals surface area contributed by atoms with E-state index < -0.39 is 0 Å². The van der Waals surface area contributed by atoms with Gasteiger partial charge in [0, 0.05) is 17.9 Å². The van der Waals surface area contributed by atoms with Crippen LogP contribution < -0.4 is 4.74 Å². The van der Waals surface area contributed by atoms with Crippen molar-refractivity contribution >= 4 is 11.8 Å². The van der Waals surface area contributed by atoms with E-state index in [2.05, 4.69) is 20.3 Å². The molecule has 3 heterocycles. The third-order valence-electron chi connectivity index (χ3n) is 2.75. The number of nitrogens with zero attached hydrogens (tertiary/aromatic N) is 5. The van der Waals surface area contributed by atoms with Gasteiger partial charge in [-0.25, -0.2) is 4.98 Å². The molecule has 0 fully saturated rings. The van der Waals surface area contributed by atoms with Crippen molar-refractivity contribution in [3.8, 4) is 11.6 Å². The molecule has 0 N–H and O–H groups in total. The molecule has 0 aliphatic carbocycles. The van der Waals surface area contributed by atoms with Gasteiger partial charge in [0.15, 0.2) is 5.16 Å². The summed E-state index contributed by atoms with van der Waals surface area (Å²) in [6, 6.07) is 5.60. The fourth-order valence-corrected chi connectivity index (χ4v) is 2.57. The molecule has 3 rings (SSSR count). The summed E-state index contributed by atoms with van der Waals surface area (Å²) < 4.78 is 12.0. The minimum absolute atomic E-state index is 0.569. The molecule has 3 aromatic heterocycles. The van der Waals surface area contributed by atoms with Crippen LogP contribution in [0.2, 0.25) is 0 Å². The highest BCUT2D eigenvalue weighted by molar-refractivity contribution is 7.98. The van der Waals surface area contributed by atoms with E-state index in [1.165, 1.54) is 11.8 Å². The van der Waals surface area contributed by atoms with E-state index in [1.807, 2.05) is 23.6 Å². The van der Waals surface area contributed by atoms with Crippen molar-refractivity contribution in [1.29, 1.82) is 0 Å². The molecule has 0 aromatic carbocycles. The quantitative estimate of drug-likeness (QED) is 0.669. The zero-order valence-electron chi connectivity index (χ0n) is 11.6. The number of ether oxygens (including phenoxy) is 1. The molecule has 0 saturated heterocycles. The van der Waals surface area contributed by atoms with Gasteiger partial charge in [0.25, 0.3) is 0 Å². The Labute approximate surface area is 125 Å². The maximum Gasteiger partial charge on any atom is 0.213 e. The Balaban J connectivity index is 1.76. The van der Waals surface area contributed by atoms with Crippen LogP contribution in [-0.2, 0) is 5.75 Å². The van der Waals surface area contributed by atoms with Gasteiger partial charge in [-0.15, -0.1) is 10.2 Å². The molecule has 3 aromatic rings. The van der Waals surface area contributed by atoms with Crippen molar-refractivity contribution < 1.29 is 9.26 Å². The van der Waals surface area contributed by atoms with Gasteiger partial charge in [-0.2, -0.15) is 0 Å². The summed E-state index contributed by atoms with van der Waals surface area (Å²) in [7, 11) is 1.59. The SMILES string of the molecule is COc1ccc(-n2cnnc2SCc2cc(C)on2)cn1. The molecule has 0 unspecified atom stereocenters. The molecule has 0 aliphatic rings. The molecule has 0 radical (unpaired) electrons. The zero-order chi connectivity index (χ0) is 14.7. The molecular formula is C13H13N5O2S. The first-order valence-electron chi connectivity index (χ1n) is 6.21. The Kier molecular flexibility index (Phi) is 3.87. The molecule has 0 aliphatic heterocycles. The average Bonchev–Trinajstić information content (AvgIpc) is 3.14. The summed E-state index contributed by atoms with van der Waals surface area (Å²) in [4.78, 5) is 4.18. The molecule has 7 nitrogen and oxygen atoms in total. The first-order chi connectivity index (χ1) is 10.3. The lowest BCUT2D eigenvalue weighted by molar-refractivity contribution is 0.393. The Bertz CT molecular complexity index is 722. The van der Waals surface area contributed by atoms with Crippen molar-refractivity contribution in [2.45, 2.75) is 17.8 Å². The molecule has 0 saturated carbocycles. The van der Waals surface area contributed by atoms with Gasteiger partial charge in [0.2, 0.25) is 5.88 Å². The molecular weight excluding hydrogens is 290 g/mol. The van der Waals surface area contributed by atoms with Crippen LogP contribution in [0.4, 0.5) is 0 Å². The molecule has 0 bridgehead atoms. The molecule has 0 spiro atoms. The summed E-state index contributed by atoms with van der Waals surface area (Å²) in [6.45, 7) is 1.87. The number of hydrogen-bond donors (Lipinski definition) is 0. The molecule has 0 atom stereocenters. The summed E-state index contributed by atoms with van der Waals surface area (Å²) in [5.74, 6) is 2.03. The van der Waals surface area contributed by atoms with E-state index in [4.69, 9.17) is 9.26 Å². The standard InChI is InChI=1S/C13H13N5O2S/c1-9-5-10(17-20-9)7-21-13-16-15-8-18(13)11-3-4-12(19-2)14-6-11/h3-6,8H,7H2,1-2H3. The van der Waals surface area contributed by atoms with E-state index in [0.717, 1.165) is 22.3 Å². The van der Waals surface area contributed by atoms with Crippen LogP contribution >= 0.6 is 11.8 Å². The fourth-order valence-electron chi connectivity index (χ4n) is 1.76. The molecule has 108 valence electrons. The molecule has 8 heteroatoms. The van der Waals surface area contributed by atoms with Gasteiger partial charge >= 0.3 is 0 Å². The second-order valence-corrected chi connectivity index (χ2v) is 5.20. The normalized spacial score (nSPS) is 10.8. The number of methoxy groups -OCH3 is 1. The topological polar surface area (TPSA) is 78.9 Å². The predicted octanol–water partition coefficient (Wildman–Crippen LogP) is 2.26. The van der Waals surface area contributed by atoms with Gasteiger partial charge in [0.1, 0.15) is 12.1 Å². The van der Waals surface area contributed by atoms with Crippen molar-refractivity contribution in [2.75, 3.05) is 7.11 Å². The van der Waals surface area contributed by atoms with Gasteiger partial charge < -0.3 is 9.26 Å². The Hall–Kier alpha value is -2.35. The van der Waals surface area contributed by atoms with E-state index in [0.29, 0.717) is 11.6 Å². The van der Waals surface area contributed by atoms with Crippen molar-refractivity contribution in [3.05, 3.63) is 42.2 Å². The highest BCUT2D eigenvalue weighted by Crippen LogP contribution is 2.23. The van der Waals surface area contributed by atoms with Gasteiger partial charge in [-0.05, 0) is 13.0 Å². The first kappa shape index (κ1) is 13.6. The van der Waals surface area contributed by atoms with E-state index in [-0.39, 0.29) is 0 Å². The first-order valence-corrected chi connectivity index (χ1v) is 7.20. The smallest absolute Gasteiger partial charge is 0.213 e. The Morgan fingerprint density at radius 3 is 2.95 bits per heavy atom. The fraction of sp³-hybridized carbons (Fsp3) is 0.231. The number of rotatable bonds is 5. The van der Waals surface area contributed by atoms with Crippen molar-refractivity contribution in [1.82, 2.24) is 24.9 Å². The summed E-state index contributed by atoms with van der Waals surface area (Å²) in [5, 5.41) is 12.8. The van der Waals surface area contributed by atoms with Gasteiger partial charge in [-0.1, -0.05) is 16.9 Å². The summed E-state index contributed by atoms with van der Waals surface area (Å²) in [5.41, 5.74) is 1.75. The number of pyridine rings is 1.